The molecule has 0 saturated carbocycles. The minimum Gasteiger partial charge on any atom is -0.368 e. The van der Waals surface area contributed by atoms with Crippen LogP contribution in [-0.2, 0) is 9.84 Å². The smallest absolute Gasteiger partial charge is 0.175 e. The van der Waals surface area contributed by atoms with Crippen molar-refractivity contribution in [1.82, 2.24) is 5.32 Å². The Hall–Kier alpha value is -1.07. The van der Waals surface area contributed by atoms with Gasteiger partial charge in [-0.25, -0.2) is 8.42 Å². The van der Waals surface area contributed by atoms with Crippen LogP contribution in [0.1, 0.15) is 6.92 Å². The van der Waals surface area contributed by atoms with E-state index in [0.29, 0.717) is 10.9 Å². The highest BCUT2D eigenvalue weighted by Gasteiger charge is 2.41. The molecule has 2 aliphatic heterocycles. The molecule has 0 aromatic heterocycles. The van der Waals surface area contributed by atoms with Crippen LogP contribution in [0.5, 0.6) is 0 Å². The lowest BCUT2D eigenvalue weighted by atomic mass is 9.95. The van der Waals surface area contributed by atoms with E-state index in [4.69, 9.17) is 0 Å². The first-order valence-corrected chi connectivity index (χ1v) is 8.63. The van der Waals surface area contributed by atoms with E-state index in [2.05, 4.69) is 17.1 Å². The van der Waals surface area contributed by atoms with Gasteiger partial charge < -0.3 is 10.2 Å². The van der Waals surface area contributed by atoms with E-state index in [1.165, 1.54) is 6.26 Å². The van der Waals surface area contributed by atoms with Crippen molar-refractivity contribution in [3.63, 3.8) is 0 Å². The summed E-state index contributed by atoms with van der Waals surface area (Å²) in [7, 11) is -3.10. The van der Waals surface area contributed by atoms with Gasteiger partial charge in [-0.15, -0.1) is 0 Å². The number of nitrogens with zero attached hydrogens (tertiary/aromatic N) is 1. The number of sulfone groups is 1. The molecule has 1 aromatic rings. The van der Waals surface area contributed by atoms with Crippen LogP contribution in [0.25, 0.3) is 0 Å². The van der Waals surface area contributed by atoms with Gasteiger partial charge in [0.2, 0.25) is 0 Å². The second-order valence-corrected chi connectivity index (χ2v) is 7.76. The Bertz CT molecular complexity index is 568. The molecule has 0 bridgehead atoms. The number of rotatable bonds is 2. The standard InChI is InChI=1S/C14H20N2O2S/c1-10-14-8-15-7-11(14)9-16(10)12-3-5-13(6-4-12)19(2,17)18/h3-6,10-11,14-15H,7-9H2,1-2H3. The highest BCUT2D eigenvalue weighted by Crippen LogP contribution is 2.35. The Morgan fingerprint density at radius 3 is 2.47 bits per heavy atom. The predicted octanol–water partition coefficient (Wildman–Crippen LogP) is 1.13. The van der Waals surface area contributed by atoms with Crippen molar-refractivity contribution >= 4 is 15.5 Å². The Morgan fingerprint density at radius 2 is 1.89 bits per heavy atom. The molecule has 3 atom stereocenters. The summed E-state index contributed by atoms with van der Waals surface area (Å²) >= 11 is 0. The summed E-state index contributed by atoms with van der Waals surface area (Å²) in [5.74, 6) is 1.44. The Labute approximate surface area is 114 Å². The van der Waals surface area contributed by atoms with Gasteiger partial charge in [-0.05, 0) is 43.0 Å². The van der Waals surface area contributed by atoms with Crippen molar-refractivity contribution in [2.75, 3.05) is 30.8 Å². The Balaban J connectivity index is 1.84. The minimum atomic E-state index is -3.10. The summed E-state index contributed by atoms with van der Waals surface area (Å²) < 4.78 is 22.9. The molecule has 3 rings (SSSR count). The van der Waals surface area contributed by atoms with Gasteiger partial charge in [0.1, 0.15) is 0 Å². The van der Waals surface area contributed by atoms with Crippen LogP contribution < -0.4 is 10.2 Å². The lowest BCUT2D eigenvalue weighted by molar-refractivity contribution is 0.471. The quantitative estimate of drug-likeness (QED) is 0.882. The van der Waals surface area contributed by atoms with Crippen LogP contribution >= 0.6 is 0 Å². The van der Waals surface area contributed by atoms with Gasteiger partial charge in [-0.2, -0.15) is 0 Å². The molecule has 2 fully saturated rings. The molecule has 5 heteroatoms. The molecule has 0 aliphatic carbocycles. The van der Waals surface area contributed by atoms with E-state index < -0.39 is 9.84 Å². The molecule has 104 valence electrons. The van der Waals surface area contributed by atoms with Gasteiger partial charge in [0.05, 0.1) is 4.90 Å². The maximum absolute atomic E-state index is 11.5. The number of hydrogen-bond donors (Lipinski definition) is 1. The average molecular weight is 280 g/mol. The number of hydrogen-bond acceptors (Lipinski definition) is 4. The first-order valence-electron chi connectivity index (χ1n) is 6.74. The van der Waals surface area contributed by atoms with Gasteiger partial charge in [0, 0.05) is 37.6 Å². The monoisotopic (exact) mass is 280 g/mol. The first kappa shape index (κ1) is 12.9. The summed E-state index contributed by atoms with van der Waals surface area (Å²) in [6.45, 7) is 5.54. The third-order valence-corrected chi connectivity index (χ3v) is 5.66. The minimum absolute atomic E-state index is 0.393. The zero-order valence-corrected chi connectivity index (χ0v) is 12.2. The molecule has 4 nitrogen and oxygen atoms in total. The molecule has 0 amide bonds. The maximum atomic E-state index is 11.5. The first-order chi connectivity index (χ1) is 8.97. The normalized spacial score (nSPS) is 30.6. The van der Waals surface area contributed by atoms with Crippen molar-refractivity contribution in [1.29, 1.82) is 0 Å². The lowest BCUT2D eigenvalue weighted by Crippen LogP contribution is -2.33. The summed E-state index contributed by atoms with van der Waals surface area (Å²) in [5, 5.41) is 3.45. The second kappa shape index (κ2) is 4.49. The topological polar surface area (TPSA) is 49.4 Å². The highest BCUT2D eigenvalue weighted by atomic mass is 32.2. The van der Waals surface area contributed by atoms with E-state index in [-0.39, 0.29) is 0 Å². The fourth-order valence-corrected chi connectivity index (χ4v) is 4.02. The van der Waals surface area contributed by atoms with Crippen molar-refractivity contribution < 1.29 is 8.42 Å². The van der Waals surface area contributed by atoms with Crippen molar-refractivity contribution in [2.24, 2.45) is 11.8 Å². The van der Waals surface area contributed by atoms with Gasteiger partial charge >= 0.3 is 0 Å². The molecule has 2 aliphatic rings. The van der Waals surface area contributed by atoms with Crippen LogP contribution in [0.15, 0.2) is 29.2 Å². The summed E-state index contributed by atoms with van der Waals surface area (Å²) in [6.07, 6.45) is 1.25. The highest BCUT2D eigenvalue weighted by molar-refractivity contribution is 7.90. The molecule has 19 heavy (non-hydrogen) atoms. The molecule has 2 heterocycles. The predicted molar refractivity (Wildman–Crippen MR) is 76.2 cm³/mol. The maximum Gasteiger partial charge on any atom is 0.175 e. The van der Waals surface area contributed by atoms with Crippen LogP contribution in [0.2, 0.25) is 0 Å². The van der Waals surface area contributed by atoms with Crippen molar-refractivity contribution in [3.8, 4) is 0 Å². The molecular formula is C14H20N2O2S. The fraction of sp³-hybridized carbons (Fsp3) is 0.571. The summed E-state index contributed by atoms with van der Waals surface area (Å²) in [4.78, 5) is 2.80. The van der Waals surface area contributed by atoms with E-state index >= 15 is 0 Å². The Morgan fingerprint density at radius 1 is 1.21 bits per heavy atom. The molecule has 1 aromatic carbocycles. The largest absolute Gasteiger partial charge is 0.368 e. The molecule has 3 unspecified atom stereocenters. The van der Waals surface area contributed by atoms with E-state index in [1.54, 1.807) is 12.1 Å². The summed E-state index contributed by atoms with van der Waals surface area (Å²) in [6, 6.07) is 7.81. The van der Waals surface area contributed by atoms with Crippen molar-refractivity contribution in [2.45, 2.75) is 17.9 Å². The van der Waals surface area contributed by atoms with Crippen LogP contribution in [-0.4, -0.2) is 40.3 Å². The zero-order chi connectivity index (χ0) is 13.6. The third kappa shape index (κ3) is 2.25. The molecule has 0 radical (unpaired) electrons. The SMILES string of the molecule is CC1C2CNCC2CN1c1ccc(S(C)(=O)=O)cc1. The lowest BCUT2D eigenvalue weighted by Gasteiger charge is -2.26. The zero-order valence-electron chi connectivity index (χ0n) is 11.3. The van der Waals surface area contributed by atoms with Gasteiger partial charge in [-0.3, -0.25) is 0 Å². The fourth-order valence-electron chi connectivity index (χ4n) is 3.39. The molecular weight excluding hydrogens is 260 g/mol. The number of anilines is 1. The Kier molecular flexibility index (Phi) is 3.06. The third-order valence-electron chi connectivity index (χ3n) is 4.53. The van der Waals surface area contributed by atoms with Crippen LogP contribution in [0.3, 0.4) is 0 Å². The van der Waals surface area contributed by atoms with Gasteiger partial charge in [-0.1, -0.05) is 0 Å². The van der Waals surface area contributed by atoms with Crippen molar-refractivity contribution in [3.05, 3.63) is 24.3 Å². The molecule has 1 N–H and O–H groups in total. The number of nitrogens with one attached hydrogen (secondary N) is 1. The second-order valence-electron chi connectivity index (χ2n) is 5.74. The van der Waals surface area contributed by atoms with Crippen LogP contribution in [0, 0.1) is 11.8 Å². The van der Waals surface area contributed by atoms with E-state index in [0.717, 1.165) is 37.2 Å². The molecule has 0 spiro atoms. The average Bonchev–Trinajstić information content (AvgIpc) is 2.92. The number of benzene rings is 1. The number of fused-ring (bicyclic) bond motifs is 1. The van der Waals surface area contributed by atoms with Gasteiger partial charge in [0.25, 0.3) is 0 Å². The molecule has 2 saturated heterocycles. The van der Waals surface area contributed by atoms with Crippen LogP contribution in [0.4, 0.5) is 5.69 Å². The summed E-state index contributed by atoms with van der Waals surface area (Å²) in [5.41, 5.74) is 1.13. The van der Waals surface area contributed by atoms with E-state index in [1.807, 2.05) is 12.1 Å². The van der Waals surface area contributed by atoms with Gasteiger partial charge in [0.15, 0.2) is 9.84 Å². The van der Waals surface area contributed by atoms with E-state index in [9.17, 15) is 8.42 Å².